The molecule has 4 amide bonds. The summed E-state index contributed by atoms with van der Waals surface area (Å²) in [6, 6.07) is 19.7. The fraction of sp³-hybridized carbons (Fsp3) is 0.478. The van der Waals surface area contributed by atoms with Crippen LogP contribution < -0.4 is 16.0 Å². The molecule has 5 aliphatic rings. The Bertz CT molecular complexity index is 2420. The number of fused-ring (bicyclic) bond motifs is 3. The van der Waals surface area contributed by atoms with Gasteiger partial charge in [0.05, 0.1) is 44.6 Å². The molecule has 0 radical (unpaired) electrons. The monoisotopic (exact) mass is 848 g/mol. The average molecular weight is 849 g/mol. The molecule has 4 aromatic rings. The number of aromatic nitrogens is 2. The van der Waals surface area contributed by atoms with Crippen LogP contribution in [0.1, 0.15) is 76.8 Å². The van der Waals surface area contributed by atoms with E-state index in [1.54, 1.807) is 0 Å². The van der Waals surface area contributed by atoms with E-state index in [0.29, 0.717) is 35.1 Å². The first kappa shape index (κ1) is 40.8. The van der Waals surface area contributed by atoms with Gasteiger partial charge in [0.2, 0.25) is 11.8 Å². The van der Waals surface area contributed by atoms with E-state index < -0.39 is 24.3 Å². The van der Waals surface area contributed by atoms with Crippen molar-refractivity contribution in [3.8, 4) is 22.4 Å². The second-order valence-electron chi connectivity index (χ2n) is 17.9. The van der Waals surface area contributed by atoms with Crippen LogP contribution in [0.25, 0.3) is 33.2 Å². The van der Waals surface area contributed by atoms with Gasteiger partial charge in [-0.3, -0.25) is 14.6 Å². The van der Waals surface area contributed by atoms with E-state index in [4.69, 9.17) is 31.1 Å². The van der Waals surface area contributed by atoms with Gasteiger partial charge in [-0.1, -0.05) is 87.8 Å². The number of methoxy groups -OCH3 is 2. The summed E-state index contributed by atoms with van der Waals surface area (Å²) in [7, 11) is 2.60. The minimum absolute atomic E-state index is 0.00661. The number of aliphatic imine (C=N–C) groups is 1. The summed E-state index contributed by atoms with van der Waals surface area (Å²) in [6.07, 6.45) is 2.36. The molecule has 2 aliphatic carbocycles. The summed E-state index contributed by atoms with van der Waals surface area (Å²) < 4.78 is 9.62. The van der Waals surface area contributed by atoms with Crippen LogP contribution in [-0.4, -0.2) is 101 Å². The van der Waals surface area contributed by atoms with Crippen LogP contribution in [0.4, 0.5) is 9.59 Å². The summed E-state index contributed by atoms with van der Waals surface area (Å²) in [4.78, 5) is 68.8. The molecule has 1 aromatic heterocycles. The van der Waals surface area contributed by atoms with Crippen LogP contribution in [0.15, 0.2) is 65.7 Å². The predicted molar refractivity (Wildman–Crippen MR) is 232 cm³/mol. The van der Waals surface area contributed by atoms with Gasteiger partial charge in [0.1, 0.15) is 23.7 Å². The summed E-state index contributed by atoms with van der Waals surface area (Å²) in [5, 5.41) is 11.7. The molecule has 61 heavy (non-hydrogen) atoms. The van der Waals surface area contributed by atoms with E-state index >= 15 is 0 Å². The lowest BCUT2D eigenvalue weighted by molar-refractivity contribution is -0.137. The lowest BCUT2D eigenvalue weighted by Crippen LogP contribution is -2.56. The molecule has 3 aliphatic heterocycles. The number of benzene rings is 3. The highest BCUT2D eigenvalue weighted by molar-refractivity contribution is 6.32. The molecule has 9 rings (SSSR count). The number of nitrogens with zero attached hydrogens (tertiary/aromatic N) is 4. The average Bonchev–Trinajstić information content (AvgIpc) is 3.90. The normalized spacial score (nSPS) is 25.7. The Kier molecular flexibility index (Phi) is 10.7. The number of rotatable bonds is 11. The molecule has 0 bridgehead atoms. The molecule has 2 saturated heterocycles. The highest BCUT2D eigenvalue weighted by Crippen LogP contribution is 2.54. The van der Waals surface area contributed by atoms with Crippen molar-refractivity contribution >= 4 is 52.2 Å². The van der Waals surface area contributed by atoms with E-state index in [-0.39, 0.29) is 53.9 Å². The van der Waals surface area contributed by atoms with E-state index in [1.807, 2.05) is 49.6 Å². The van der Waals surface area contributed by atoms with Crippen molar-refractivity contribution in [3.63, 3.8) is 0 Å². The Hall–Kier alpha value is -5.63. The number of ether oxygens (including phenoxy) is 2. The first-order valence-electron chi connectivity index (χ1n) is 21.4. The van der Waals surface area contributed by atoms with Gasteiger partial charge in [0, 0.05) is 17.6 Å². The van der Waals surface area contributed by atoms with Gasteiger partial charge in [-0.25, -0.2) is 14.6 Å². The van der Waals surface area contributed by atoms with Crippen molar-refractivity contribution < 1.29 is 28.7 Å². The predicted octanol–water partition coefficient (Wildman–Crippen LogP) is 7.01. The Morgan fingerprint density at radius 1 is 0.721 bits per heavy atom. The summed E-state index contributed by atoms with van der Waals surface area (Å²) in [6.45, 7) is 8.26. The Labute approximate surface area is 360 Å². The van der Waals surface area contributed by atoms with Crippen molar-refractivity contribution in [1.29, 1.82) is 0 Å². The molecule has 14 nitrogen and oxygen atoms in total. The number of aromatic amines is 1. The second kappa shape index (κ2) is 16.0. The number of amidine groups is 1. The number of carbonyl (C=O) groups is 4. The third-order valence-electron chi connectivity index (χ3n) is 13.3. The highest BCUT2D eigenvalue weighted by atomic mass is 35.5. The molecular weight excluding hydrogens is 796 g/mol. The number of carbonyl (C=O) groups excluding carboxylic acids is 4. The molecule has 2 saturated carbocycles. The minimum atomic E-state index is -0.710. The molecule has 0 spiro atoms. The fourth-order valence-corrected chi connectivity index (χ4v) is 10.1. The molecule has 9 atom stereocenters. The number of hydrogen-bond acceptors (Lipinski definition) is 9. The van der Waals surface area contributed by atoms with Crippen LogP contribution in [-0.2, 0) is 19.1 Å². The lowest BCUT2D eigenvalue weighted by atomic mass is 9.97. The van der Waals surface area contributed by atoms with Gasteiger partial charge in [0.15, 0.2) is 5.15 Å². The van der Waals surface area contributed by atoms with E-state index in [2.05, 4.69) is 69.5 Å². The molecule has 4 N–H and O–H groups in total. The SMILES string of the molecule is COC(=O)N[C@H](C(=O)N1[C@@H]2C[C@@H]2C[C@H]1C1=NCC(c2ccc3cc(-c4ccc(-c5[nH]c([C@@H]6C[C@H]7C[C@H]7N6C(=O)[C@@H](NC(=O)OC)C(C)C)nc5Cl)cc4)ccc3c2)N1)C(C)C. The van der Waals surface area contributed by atoms with Gasteiger partial charge in [0.25, 0.3) is 0 Å². The molecule has 1 unspecified atom stereocenters. The molecule has 15 heteroatoms. The van der Waals surface area contributed by atoms with Crippen LogP contribution >= 0.6 is 11.6 Å². The first-order chi connectivity index (χ1) is 29.3. The van der Waals surface area contributed by atoms with Crippen LogP contribution in [0, 0.1) is 23.7 Å². The Morgan fingerprint density at radius 3 is 1.87 bits per heavy atom. The van der Waals surface area contributed by atoms with Gasteiger partial charge in [-0.2, -0.15) is 0 Å². The zero-order valence-electron chi connectivity index (χ0n) is 35.3. The second-order valence-corrected chi connectivity index (χ2v) is 18.3. The molecule has 4 heterocycles. The number of halogens is 1. The zero-order valence-corrected chi connectivity index (χ0v) is 36.0. The minimum Gasteiger partial charge on any atom is -0.453 e. The summed E-state index contributed by atoms with van der Waals surface area (Å²) >= 11 is 6.76. The van der Waals surface area contributed by atoms with Crippen molar-refractivity contribution in [1.82, 2.24) is 35.7 Å². The van der Waals surface area contributed by atoms with Crippen LogP contribution in [0.2, 0.25) is 5.15 Å². The molecule has 320 valence electrons. The fourth-order valence-electron chi connectivity index (χ4n) is 9.81. The van der Waals surface area contributed by atoms with Gasteiger partial charge < -0.3 is 40.2 Å². The number of piperidine rings is 2. The third kappa shape index (κ3) is 7.68. The standard InChI is InChI=1S/C46H53ClN8O6/c1-22(2)37(51-45(58)60-5)43(56)54-33-17-30(33)19-35(54)41-48-21-32(49-41)29-14-13-27-15-26(11-12-28(27)16-29)24-7-9-25(10-8-24)39-40(47)53-42(50-39)36-20-31-18-34(31)55(36)44(57)38(23(3)4)52-46(59)61-6/h7-16,22-23,30-38H,17-21H2,1-6H3,(H,48,49)(H,50,53)(H,51,58)(H,52,59)/t30-,31-,32?,33-,34-,35+,36+,37+,38+/m1/s1. The van der Waals surface area contributed by atoms with E-state index in [9.17, 15) is 19.2 Å². The third-order valence-corrected chi connectivity index (χ3v) is 13.6. The van der Waals surface area contributed by atoms with E-state index in [0.717, 1.165) is 64.5 Å². The number of imidazole rings is 1. The van der Waals surface area contributed by atoms with Crippen molar-refractivity contribution in [3.05, 3.63) is 77.2 Å². The van der Waals surface area contributed by atoms with Crippen molar-refractivity contribution in [2.24, 2.45) is 28.7 Å². The lowest BCUT2D eigenvalue weighted by Gasteiger charge is -2.33. The number of likely N-dealkylation sites (tertiary alicyclic amines) is 2. The Morgan fingerprint density at radius 2 is 1.26 bits per heavy atom. The van der Waals surface area contributed by atoms with Gasteiger partial charge in [-0.05, 0) is 89.0 Å². The molecule has 4 fully saturated rings. The topological polar surface area (TPSA) is 170 Å². The number of alkyl carbamates (subject to hydrolysis) is 2. The smallest absolute Gasteiger partial charge is 0.407 e. The maximum absolute atomic E-state index is 13.9. The largest absolute Gasteiger partial charge is 0.453 e. The summed E-state index contributed by atoms with van der Waals surface area (Å²) in [5.74, 6) is 1.92. The van der Waals surface area contributed by atoms with Gasteiger partial charge in [-0.15, -0.1) is 0 Å². The number of hydrogen-bond donors (Lipinski definition) is 4. The van der Waals surface area contributed by atoms with E-state index in [1.165, 1.54) is 14.2 Å². The van der Waals surface area contributed by atoms with Crippen molar-refractivity contribution in [2.45, 2.75) is 95.7 Å². The molecular formula is C46H53ClN8O6. The number of H-pyrrole nitrogens is 1. The zero-order chi connectivity index (χ0) is 42.9. The maximum atomic E-state index is 13.9. The summed E-state index contributed by atoms with van der Waals surface area (Å²) in [5.41, 5.74) is 4.85. The maximum Gasteiger partial charge on any atom is 0.407 e. The van der Waals surface area contributed by atoms with Crippen LogP contribution in [0.3, 0.4) is 0 Å². The first-order valence-corrected chi connectivity index (χ1v) is 21.7. The van der Waals surface area contributed by atoms with Crippen molar-refractivity contribution in [2.75, 3.05) is 20.8 Å². The highest BCUT2D eigenvalue weighted by Gasteiger charge is 2.58. The quantitative estimate of drug-likeness (QED) is 0.125. The van der Waals surface area contributed by atoms with Crippen LogP contribution in [0.5, 0.6) is 0 Å². The van der Waals surface area contributed by atoms with Gasteiger partial charge >= 0.3 is 12.2 Å². The number of nitrogens with one attached hydrogen (secondary N) is 4. The molecule has 3 aromatic carbocycles. The number of amides is 4. The Balaban J connectivity index is 0.865.